The molecule has 0 bridgehead atoms. The van der Waals surface area contributed by atoms with E-state index in [-0.39, 0.29) is 22.4 Å². The molecule has 1 atom stereocenters. The molecular formula is C24H16F3NO3. The van der Waals surface area contributed by atoms with Crippen LogP contribution in [0.2, 0.25) is 0 Å². The van der Waals surface area contributed by atoms with Crippen LogP contribution in [0.15, 0.2) is 72.3 Å². The van der Waals surface area contributed by atoms with Gasteiger partial charge in [-0.2, -0.15) is 0 Å². The number of hydrogen-bond donors (Lipinski definition) is 1. The van der Waals surface area contributed by atoms with Crippen molar-refractivity contribution < 1.29 is 27.9 Å². The third kappa shape index (κ3) is 3.48. The molecule has 156 valence electrons. The number of carbonyl (C=O) groups is 2. The highest BCUT2D eigenvalue weighted by Gasteiger charge is 2.47. The predicted octanol–water partition coefficient (Wildman–Crippen LogP) is 5.04. The van der Waals surface area contributed by atoms with E-state index in [0.717, 1.165) is 23.1 Å². The van der Waals surface area contributed by atoms with Crippen LogP contribution in [0.1, 0.15) is 22.7 Å². The van der Waals surface area contributed by atoms with E-state index in [2.05, 4.69) is 0 Å². The first kappa shape index (κ1) is 20.4. The van der Waals surface area contributed by atoms with Gasteiger partial charge in [0.1, 0.15) is 23.2 Å². The van der Waals surface area contributed by atoms with Crippen molar-refractivity contribution in [3.8, 4) is 0 Å². The maximum absolute atomic E-state index is 14.6. The quantitative estimate of drug-likeness (QED) is 0.365. The van der Waals surface area contributed by atoms with E-state index < -0.39 is 40.9 Å². The van der Waals surface area contributed by atoms with E-state index in [1.165, 1.54) is 19.1 Å². The van der Waals surface area contributed by atoms with Gasteiger partial charge in [0.2, 0.25) is 0 Å². The van der Waals surface area contributed by atoms with Crippen molar-refractivity contribution in [1.29, 1.82) is 0 Å². The Bertz CT molecular complexity index is 1240. The molecule has 1 saturated heterocycles. The number of aliphatic hydroxyl groups excluding tert-OH is 1. The largest absolute Gasteiger partial charge is 0.507 e. The summed E-state index contributed by atoms with van der Waals surface area (Å²) in [5.41, 5.74) is 0.236. The lowest BCUT2D eigenvalue weighted by Crippen LogP contribution is -2.30. The Morgan fingerprint density at radius 2 is 1.61 bits per heavy atom. The van der Waals surface area contributed by atoms with E-state index in [0.29, 0.717) is 11.6 Å². The highest BCUT2D eigenvalue weighted by Crippen LogP contribution is 2.43. The highest BCUT2D eigenvalue weighted by atomic mass is 19.1. The Kier molecular flexibility index (Phi) is 5.10. The lowest BCUT2D eigenvalue weighted by atomic mass is 9.94. The monoisotopic (exact) mass is 423 g/mol. The molecule has 1 fully saturated rings. The van der Waals surface area contributed by atoms with Crippen LogP contribution in [0.5, 0.6) is 0 Å². The minimum absolute atomic E-state index is 0.136. The van der Waals surface area contributed by atoms with Crippen LogP contribution >= 0.6 is 0 Å². The van der Waals surface area contributed by atoms with Gasteiger partial charge >= 0.3 is 0 Å². The van der Waals surface area contributed by atoms with Crippen molar-refractivity contribution in [2.45, 2.75) is 13.0 Å². The number of nitrogens with zero attached hydrogens (tertiary/aromatic N) is 1. The van der Waals surface area contributed by atoms with Crippen molar-refractivity contribution in [3.05, 3.63) is 106 Å². The van der Waals surface area contributed by atoms with E-state index in [9.17, 15) is 27.9 Å². The van der Waals surface area contributed by atoms with Crippen LogP contribution in [-0.4, -0.2) is 16.8 Å². The van der Waals surface area contributed by atoms with Gasteiger partial charge in [0.05, 0.1) is 17.3 Å². The maximum atomic E-state index is 14.6. The number of aliphatic hydroxyl groups is 1. The van der Waals surface area contributed by atoms with E-state index in [4.69, 9.17) is 0 Å². The lowest BCUT2D eigenvalue weighted by Gasteiger charge is -2.25. The van der Waals surface area contributed by atoms with Crippen molar-refractivity contribution in [3.63, 3.8) is 0 Å². The van der Waals surface area contributed by atoms with Gasteiger partial charge in [-0.15, -0.1) is 0 Å². The maximum Gasteiger partial charge on any atom is 0.300 e. The highest BCUT2D eigenvalue weighted by molar-refractivity contribution is 6.51. The van der Waals surface area contributed by atoms with Crippen LogP contribution in [0.25, 0.3) is 5.76 Å². The molecule has 1 amide bonds. The summed E-state index contributed by atoms with van der Waals surface area (Å²) in [6.07, 6.45) is 0. The van der Waals surface area contributed by atoms with E-state index >= 15 is 0 Å². The second-order valence-electron chi connectivity index (χ2n) is 7.14. The predicted molar refractivity (Wildman–Crippen MR) is 109 cm³/mol. The van der Waals surface area contributed by atoms with Crippen LogP contribution in [0.3, 0.4) is 0 Å². The second kappa shape index (κ2) is 7.75. The average Bonchev–Trinajstić information content (AvgIpc) is 3.01. The number of aryl methyl sites for hydroxylation is 1. The molecule has 3 aromatic carbocycles. The molecular weight excluding hydrogens is 407 g/mol. The third-order valence-corrected chi connectivity index (χ3v) is 5.16. The molecule has 1 unspecified atom stereocenters. The number of Topliss-reactive ketones (excluding diaryl/α,β-unsaturated/α-hetero) is 1. The van der Waals surface area contributed by atoms with Gasteiger partial charge in [0.15, 0.2) is 0 Å². The first-order valence-corrected chi connectivity index (χ1v) is 9.37. The lowest BCUT2D eigenvalue weighted by molar-refractivity contribution is -0.132. The van der Waals surface area contributed by atoms with Crippen molar-refractivity contribution in [2.24, 2.45) is 0 Å². The van der Waals surface area contributed by atoms with E-state index in [1.54, 1.807) is 30.3 Å². The summed E-state index contributed by atoms with van der Waals surface area (Å²) in [6, 6.07) is 13.5. The topological polar surface area (TPSA) is 57.6 Å². The SMILES string of the molecule is Cc1cc(/C(O)=C2\C(=O)C(=O)N(c3ccc(F)cc3F)C2c2ccccc2)ccc1F. The second-order valence-corrected chi connectivity index (χ2v) is 7.14. The van der Waals surface area contributed by atoms with Crippen LogP contribution in [0, 0.1) is 24.4 Å². The number of hydrogen-bond acceptors (Lipinski definition) is 3. The Balaban J connectivity index is 1.97. The van der Waals surface area contributed by atoms with Crippen molar-refractivity contribution >= 4 is 23.1 Å². The Hall–Kier alpha value is -3.87. The fourth-order valence-corrected chi connectivity index (χ4v) is 3.66. The van der Waals surface area contributed by atoms with Crippen molar-refractivity contribution in [1.82, 2.24) is 0 Å². The minimum atomic E-state index is -1.16. The van der Waals surface area contributed by atoms with Gasteiger partial charge in [-0.05, 0) is 48.4 Å². The molecule has 4 nitrogen and oxygen atoms in total. The molecule has 4 rings (SSSR count). The number of carbonyl (C=O) groups excluding carboxylic acids is 2. The van der Waals surface area contributed by atoms with Gasteiger partial charge in [-0.1, -0.05) is 30.3 Å². The van der Waals surface area contributed by atoms with Crippen molar-refractivity contribution in [2.75, 3.05) is 4.90 Å². The van der Waals surface area contributed by atoms with Gasteiger partial charge in [-0.3, -0.25) is 14.5 Å². The zero-order valence-electron chi connectivity index (χ0n) is 16.3. The molecule has 0 aliphatic carbocycles. The number of halogens is 3. The summed E-state index contributed by atoms with van der Waals surface area (Å²) in [7, 11) is 0. The van der Waals surface area contributed by atoms with Gasteiger partial charge < -0.3 is 5.11 Å². The zero-order chi connectivity index (χ0) is 22.3. The number of benzene rings is 3. The summed E-state index contributed by atoms with van der Waals surface area (Å²) in [4.78, 5) is 26.7. The van der Waals surface area contributed by atoms with E-state index in [1.807, 2.05) is 0 Å². The molecule has 1 aliphatic heterocycles. The first-order valence-electron chi connectivity index (χ1n) is 9.37. The molecule has 0 saturated carbocycles. The zero-order valence-corrected chi connectivity index (χ0v) is 16.3. The molecule has 3 aromatic rings. The number of ketones is 1. The van der Waals surface area contributed by atoms with Crippen LogP contribution in [-0.2, 0) is 9.59 Å². The number of amides is 1. The fraction of sp³-hybridized carbons (Fsp3) is 0.0833. The molecule has 1 N–H and O–H groups in total. The van der Waals surface area contributed by atoms with Crippen LogP contribution in [0.4, 0.5) is 18.9 Å². The standard InChI is InChI=1S/C24H16F3NO3/c1-13-11-15(7-9-17(13)26)22(29)20-21(14-5-3-2-4-6-14)28(24(31)23(20)30)19-10-8-16(25)12-18(19)27/h2-12,21,29H,1H3/b22-20+. The summed E-state index contributed by atoms with van der Waals surface area (Å²) < 4.78 is 41.7. The smallest absolute Gasteiger partial charge is 0.300 e. The van der Waals surface area contributed by atoms with Crippen LogP contribution < -0.4 is 4.90 Å². The summed E-state index contributed by atoms with van der Waals surface area (Å²) in [5.74, 6) is -4.97. The Labute approximate surface area is 175 Å². The summed E-state index contributed by atoms with van der Waals surface area (Å²) in [5, 5.41) is 10.9. The molecule has 0 aromatic heterocycles. The number of anilines is 1. The third-order valence-electron chi connectivity index (χ3n) is 5.16. The molecule has 31 heavy (non-hydrogen) atoms. The molecule has 1 aliphatic rings. The Morgan fingerprint density at radius 1 is 0.903 bits per heavy atom. The van der Waals surface area contributed by atoms with Gasteiger partial charge in [-0.25, -0.2) is 13.2 Å². The summed E-state index contributed by atoms with van der Waals surface area (Å²) in [6.45, 7) is 1.49. The number of rotatable bonds is 3. The molecule has 0 spiro atoms. The summed E-state index contributed by atoms with van der Waals surface area (Å²) >= 11 is 0. The first-order chi connectivity index (χ1) is 14.8. The van der Waals surface area contributed by atoms with Gasteiger partial charge in [0, 0.05) is 11.6 Å². The average molecular weight is 423 g/mol. The Morgan fingerprint density at radius 3 is 2.26 bits per heavy atom. The molecule has 1 heterocycles. The van der Waals surface area contributed by atoms with Gasteiger partial charge in [0.25, 0.3) is 11.7 Å². The fourth-order valence-electron chi connectivity index (χ4n) is 3.66. The normalized spacial score (nSPS) is 17.9. The molecule has 0 radical (unpaired) electrons. The molecule has 7 heteroatoms. The minimum Gasteiger partial charge on any atom is -0.507 e.